The molecule has 0 spiro atoms. The molecule has 0 saturated carbocycles. The fraction of sp³-hybridized carbons (Fsp3) is 0.174. The third-order valence-corrected chi connectivity index (χ3v) is 3.39. The van der Waals surface area contributed by atoms with Gasteiger partial charge >= 0.3 is 5.97 Å². The van der Waals surface area contributed by atoms with Crippen molar-refractivity contribution in [2.75, 3.05) is 0 Å². The van der Waals surface area contributed by atoms with E-state index < -0.39 is 5.97 Å². The number of hydrogen-bond acceptors (Lipinski definition) is 3. The summed E-state index contributed by atoms with van der Waals surface area (Å²) in [5.41, 5.74) is 2.18. The first-order valence-corrected chi connectivity index (χ1v) is 8.81. The second kappa shape index (κ2) is 12.1. The minimum atomic E-state index is -1.16. The molecule has 0 aliphatic rings. The molecule has 27 heavy (non-hydrogen) atoms. The largest absolute Gasteiger partial charge is 0.507 e. The van der Waals surface area contributed by atoms with Crippen LogP contribution in [0, 0.1) is 6.92 Å². The zero-order chi connectivity index (χ0) is 20.1. The topological polar surface area (TPSA) is 66.8 Å². The molecule has 0 fully saturated rings. The van der Waals surface area contributed by atoms with Crippen LogP contribution in [-0.2, 0) is 6.61 Å². The Balaban J connectivity index is 0.000000338. The first-order valence-electron chi connectivity index (χ1n) is 8.81. The van der Waals surface area contributed by atoms with Crippen molar-refractivity contribution < 1.29 is 19.7 Å². The van der Waals surface area contributed by atoms with Gasteiger partial charge in [0.25, 0.3) is 0 Å². The number of aromatic carboxylic acids is 1. The second-order valence-electron chi connectivity index (χ2n) is 5.41. The molecule has 0 amide bonds. The molecular weight excluding hydrogens is 340 g/mol. The summed E-state index contributed by atoms with van der Waals surface area (Å²) in [5, 5.41) is 18.3. The van der Waals surface area contributed by atoms with E-state index in [-0.39, 0.29) is 11.3 Å². The number of ether oxygens (including phenoxy) is 1. The first kappa shape index (κ1) is 21.8. The minimum absolute atomic E-state index is 0.137. The SMILES string of the molecule is CC.Cc1ccccc1.O=C(O)c1ccc(OCc2ccccc2)cc1O. The average molecular weight is 366 g/mol. The van der Waals surface area contributed by atoms with Crippen LogP contribution in [0.4, 0.5) is 0 Å². The van der Waals surface area contributed by atoms with Crippen LogP contribution in [0.1, 0.15) is 35.3 Å². The molecule has 0 bridgehead atoms. The van der Waals surface area contributed by atoms with E-state index in [0.29, 0.717) is 12.4 Å². The van der Waals surface area contributed by atoms with Gasteiger partial charge in [-0.15, -0.1) is 0 Å². The van der Waals surface area contributed by atoms with E-state index in [2.05, 4.69) is 19.1 Å². The van der Waals surface area contributed by atoms with Crippen molar-refractivity contribution in [1.82, 2.24) is 0 Å². The van der Waals surface area contributed by atoms with Gasteiger partial charge in [-0.05, 0) is 24.6 Å². The summed E-state index contributed by atoms with van der Waals surface area (Å²) in [7, 11) is 0. The van der Waals surface area contributed by atoms with Gasteiger partial charge in [0, 0.05) is 6.07 Å². The molecule has 4 nitrogen and oxygen atoms in total. The van der Waals surface area contributed by atoms with Gasteiger partial charge in [-0.2, -0.15) is 0 Å². The standard InChI is InChI=1S/C14H12O4.C7H8.C2H6/c15-13-8-11(6-7-12(13)14(16)17)18-9-10-4-2-1-3-5-10;1-7-5-3-2-4-6-7;1-2/h1-8,15H,9H2,(H,16,17);2-6H,1H3;1-2H3. The molecular formula is C23H26O4. The highest BCUT2D eigenvalue weighted by Gasteiger charge is 2.09. The highest BCUT2D eigenvalue weighted by atomic mass is 16.5. The third-order valence-electron chi connectivity index (χ3n) is 3.39. The van der Waals surface area contributed by atoms with Crippen LogP contribution >= 0.6 is 0 Å². The van der Waals surface area contributed by atoms with E-state index >= 15 is 0 Å². The summed E-state index contributed by atoms with van der Waals surface area (Å²) in [6.07, 6.45) is 0. The lowest BCUT2D eigenvalue weighted by Gasteiger charge is -2.07. The molecule has 4 heteroatoms. The Labute approximate surface area is 160 Å². The number of aryl methyl sites for hydroxylation is 1. The van der Waals surface area contributed by atoms with Crippen molar-refractivity contribution in [3.8, 4) is 11.5 Å². The van der Waals surface area contributed by atoms with E-state index in [1.807, 2.05) is 62.4 Å². The monoisotopic (exact) mass is 366 g/mol. The van der Waals surface area contributed by atoms with Crippen LogP contribution in [0.2, 0.25) is 0 Å². The summed E-state index contributed by atoms with van der Waals surface area (Å²) in [6, 6.07) is 24.0. The number of carbonyl (C=O) groups is 1. The predicted octanol–water partition coefficient (Wildman–Crippen LogP) is 5.69. The summed E-state index contributed by atoms with van der Waals surface area (Å²) >= 11 is 0. The van der Waals surface area contributed by atoms with Gasteiger partial charge in [0.05, 0.1) is 0 Å². The smallest absolute Gasteiger partial charge is 0.339 e. The van der Waals surface area contributed by atoms with Crippen LogP contribution < -0.4 is 4.74 Å². The maximum absolute atomic E-state index is 10.7. The van der Waals surface area contributed by atoms with Gasteiger partial charge < -0.3 is 14.9 Å². The zero-order valence-electron chi connectivity index (χ0n) is 15.9. The van der Waals surface area contributed by atoms with Crippen LogP contribution in [0.15, 0.2) is 78.9 Å². The number of hydrogen-bond donors (Lipinski definition) is 2. The van der Waals surface area contributed by atoms with Gasteiger partial charge in [-0.25, -0.2) is 4.79 Å². The molecule has 3 aromatic carbocycles. The fourth-order valence-electron chi connectivity index (χ4n) is 2.06. The molecule has 0 unspecified atom stereocenters. The maximum atomic E-state index is 10.7. The lowest BCUT2D eigenvalue weighted by Crippen LogP contribution is -1.98. The Kier molecular flexibility index (Phi) is 9.79. The van der Waals surface area contributed by atoms with Crippen molar-refractivity contribution >= 4 is 5.97 Å². The summed E-state index contributed by atoms with van der Waals surface area (Å²) in [6.45, 7) is 6.45. The molecule has 3 aromatic rings. The number of rotatable bonds is 4. The van der Waals surface area contributed by atoms with Gasteiger partial charge in [0.15, 0.2) is 0 Å². The van der Waals surface area contributed by atoms with Crippen LogP contribution in [0.3, 0.4) is 0 Å². The summed E-state index contributed by atoms with van der Waals surface area (Å²) in [5.74, 6) is -1.03. The van der Waals surface area contributed by atoms with Gasteiger partial charge in [-0.1, -0.05) is 80.1 Å². The Morgan fingerprint density at radius 1 is 0.889 bits per heavy atom. The number of carboxylic acids is 1. The van der Waals surface area contributed by atoms with Gasteiger partial charge in [0.2, 0.25) is 0 Å². The van der Waals surface area contributed by atoms with Gasteiger partial charge in [0.1, 0.15) is 23.7 Å². The Morgan fingerprint density at radius 3 is 1.89 bits per heavy atom. The maximum Gasteiger partial charge on any atom is 0.339 e. The molecule has 3 rings (SSSR count). The molecule has 0 aromatic heterocycles. The third kappa shape index (κ3) is 8.10. The van der Waals surface area contributed by atoms with E-state index in [4.69, 9.17) is 9.84 Å². The second-order valence-corrected chi connectivity index (χ2v) is 5.41. The zero-order valence-corrected chi connectivity index (χ0v) is 15.9. The molecule has 2 N–H and O–H groups in total. The van der Waals surface area contributed by atoms with Crippen molar-refractivity contribution in [1.29, 1.82) is 0 Å². The molecule has 0 aliphatic carbocycles. The number of aromatic hydroxyl groups is 1. The summed E-state index contributed by atoms with van der Waals surface area (Å²) in [4.78, 5) is 10.7. The van der Waals surface area contributed by atoms with Crippen LogP contribution in [-0.4, -0.2) is 16.2 Å². The van der Waals surface area contributed by atoms with E-state index in [1.54, 1.807) is 0 Å². The number of benzene rings is 3. The first-order chi connectivity index (χ1) is 13.1. The predicted molar refractivity (Wildman–Crippen MR) is 108 cm³/mol. The molecule has 142 valence electrons. The molecule has 0 aliphatic heterocycles. The van der Waals surface area contributed by atoms with E-state index in [9.17, 15) is 9.90 Å². The summed E-state index contributed by atoms with van der Waals surface area (Å²) < 4.78 is 5.45. The van der Waals surface area contributed by atoms with Crippen molar-refractivity contribution in [2.45, 2.75) is 27.4 Å². The Morgan fingerprint density at radius 2 is 1.44 bits per heavy atom. The average Bonchev–Trinajstić information content (AvgIpc) is 2.70. The molecule has 0 atom stereocenters. The van der Waals surface area contributed by atoms with E-state index in [1.165, 1.54) is 23.8 Å². The lowest BCUT2D eigenvalue weighted by atomic mass is 10.2. The number of phenols is 1. The quantitative estimate of drug-likeness (QED) is 0.622. The van der Waals surface area contributed by atoms with Crippen molar-refractivity contribution in [2.24, 2.45) is 0 Å². The highest BCUT2D eigenvalue weighted by molar-refractivity contribution is 5.90. The molecule has 0 saturated heterocycles. The number of carboxylic acid groups (broad SMARTS) is 1. The highest BCUT2D eigenvalue weighted by Crippen LogP contribution is 2.24. The lowest BCUT2D eigenvalue weighted by molar-refractivity contribution is 0.0693. The van der Waals surface area contributed by atoms with Crippen molar-refractivity contribution in [3.63, 3.8) is 0 Å². The fourth-order valence-corrected chi connectivity index (χ4v) is 2.06. The Hall–Kier alpha value is -3.27. The van der Waals surface area contributed by atoms with Crippen LogP contribution in [0.25, 0.3) is 0 Å². The Bertz CT molecular complexity index is 799. The molecule has 0 heterocycles. The van der Waals surface area contributed by atoms with E-state index in [0.717, 1.165) is 5.56 Å². The minimum Gasteiger partial charge on any atom is -0.507 e. The van der Waals surface area contributed by atoms with Crippen LogP contribution in [0.5, 0.6) is 11.5 Å². The normalized spacial score (nSPS) is 9.15. The molecule has 0 radical (unpaired) electrons. The van der Waals surface area contributed by atoms with Crippen molar-refractivity contribution in [3.05, 3.63) is 95.6 Å². The van der Waals surface area contributed by atoms with Gasteiger partial charge in [-0.3, -0.25) is 0 Å².